The molecule has 0 amide bonds. The monoisotopic (exact) mass is 394 g/mol. The topological polar surface area (TPSA) is 52.6 Å². The zero-order valence-corrected chi connectivity index (χ0v) is 14.1. The summed E-state index contributed by atoms with van der Waals surface area (Å²) in [6, 6.07) is 5.42. The van der Waals surface area contributed by atoms with Gasteiger partial charge in [-0.1, -0.05) is 0 Å². The summed E-state index contributed by atoms with van der Waals surface area (Å²) in [6.45, 7) is 4.24. The Balaban J connectivity index is 2.82. The van der Waals surface area contributed by atoms with Crippen LogP contribution in [0, 0.1) is 0 Å². The van der Waals surface area contributed by atoms with Crippen LogP contribution in [0.15, 0.2) is 22.7 Å². The molecule has 0 fully saturated rings. The van der Waals surface area contributed by atoms with Crippen LogP contribution in [-0.4, -0.2) is 40.1 Å². The first kappa shape index (κ1) is 16.2. The molecule has 0 N–H and O–H groups in total. The summed E-state index contributed by atoms with van der Waals surface area (Å²) < 4.78 is 11.6. The molecule has 0 radical (unpaired) electrons. The van der Waals surface area contributed by atoms with Crippen LogP contribution in [0.3, 0.4) is 0 Å². The van der Waals surface area contributed by atoms with Gasteiger partial charge < -0.3 is 0 Å². The van der Waals surface area contributed by atoms with Crippen molar-refractivity contribution < 1.29 is 19.1 Å². The Morgan fingerprint density at radius 2 is 1.89 bits per heavy atom. The fourth-order valence-corrected chi connectivity index (χ4v) is 3.41. The van der Waals surface area contributed by atoms with Crippen LogP contribution in [0.1, 0.15) is 24.2 Å². The SMILES string of the molecule is CCOC(=O)C[Se]c1ccc(Br)cc1C(=O)OCC. The van der Waals surface area contributed by atoms with Crippen LogP contribution in [0.5, 0.6) is 0 Å². The number of rotatable bonds is 6. The van der Waals surface area contributed by atoms with E-state index < -0.39 is 0 Å². The van der Waals surface area contributed by atoms with Crippen molar-refractivity contribution in [2.45, 2.75) is 19.2 Å². The van der Waals surface area contributed by atoms with Crippen LogP contribution in [-0.2, 0) is 14.3 Å². The zero-order chi connectivity index (χ0) is 14.3. The number of esters is 2. The molecule has 4 nitrogen and oxygen atoms in total. The fourth-order valence-electron chi connectivity index (χ4n) is 1.34. The predicted molar refractivity (Wildman–Crippen MR) is 76.9 cm³/mol. The van der Waals surface area contributed by atoms with E-state index >= 15 is 0 Å². The molecule has 0 aliphatic heterocycles. The average Bonchev–Trinajstić information content (AvgIpc) is 2.38. The summed E-state index contributed by atoms with van der Waals surface area (Å²) in [6.07, 6.45) is 0. The van der Waals surface area contributed by atoms with Crippen molar-refractivity contribution >= 4 is 47.3 Å². The Kier molecular flexibility index (Phi) is 7.13. The molecule has 0 atom stereocenters. The molecule has 1 rings (SSSR count). The van der Waals surface area contributed by atoms with Gasteiger partial charge in [-0.25, -0.2) is 0 Å². The molecule has 0 saturated carbocycles. The van der Waals surface area contributed by atoms with Crippen molar-refractivity contribution in [3.63, 3.8) is 0 Å². The summed E-state index contributed by atoms with van der Waals surface area (Å²) in [7, 11) is 0. The first-order chi connectivity index (χ1) is 9.08. The molecule has 0 saturated heterocycles. The molecule has 0 spiro atoms. The summed E-state index contributed by atoms with van der Waals surface area (Å²) in [5.41, 5.74) is 0.514. The second-order valence-electron chi connectivity index (χ2n) is 3.45. The van der Waals surface area contributed by atoms with E-state index in [0.717, 1.165) is 8.93 Å². The van der Waals surface area contributed by atoms with Crippen LogP contribution >= 0.6 is 15.9 Å². The molecule has 1 aromatic rings. The van der Waals surface area contributed by atoms with E-state index in [1.54, 1.807) is 19.9 Å². The number of benzene rings is 1. The van der Waals surface area contributed by atoms with Crippen LogP contribution < -0.4 is 4.46 Å². The third kappa shape index (κ3) is 5.35. The van der Waals surface area contributed by atoms with Crippen molar-refractivity contribution in [2.24, 2.45) is 0 Å². The first-order valence-corrected chi connectivity index (χ1v) is 8.69. The molecule has 0 bridgehead atoms. The molecule has 1 aromatic carbocycles. The number of halogens is 1. The van der Waals surface area contributed by atoms with Gasteiger partial charge in [-0.05, 0) is 0 Å². The number of carbonyl (C=O) groups excluding carboxylic acids is 2. The van der Waals surface area contributed by atoms with Crippen molar-refractivity contribution in [2.75, 3.05) is 13.2 Å². The molecular formula is C13H15BrO4Se. The van der Waals surface area contributed by atoms with Crippen LogP contribution in [0.2, 0.25) is 5.32 Å². The zero-order valence-electron chi connectivity index (χ0n) is 10.8. The molecule has 104 valence electrons. The van der Waals surface area contributed by atoms with E-state index in [9.17, 15) is 9.59 Å². The summed E-state index contributed by atoms with van der Waals surface area (Å²) in [5, 5.41) is 0.314. The number of hydrogen-bond donors (Lipinski definition) is 0. The molecule has 0 heterocycles. The second kappa shape index (κ2) is 8.35. The molecule has 6 heteroatoms. The Morgan fingerprint density at radius 1 is 1.21 bits per heavy atom. The third-order valence-corrected chi connectivity index (χ3v) is 4.78. The number of ether oxygens (including phenoxy) is 2. The maximum absolute atomic E-state index is 11.8. The summed E-state index contributed by atoms with van der Waals surface area (Å²) >= 11 is 3.18. The van der Waals surface area contributed by atoms with Gasteiger partial charge in [0.05, 0.1) is 0 Å². The Labute approximate surface area is 127 Å². The van der Waals surface area contributed by atoms with Crippen molar-refractivity contribution in [3.05, 3.63) is 28.2 Å². The molecule has 0 unspecified atom stereocenters. The minimum absolute atomic E-state index is 0.144. The summed E-state index contributed by atoms with van der Waals surface area (Å²) in [4.78, 5) is 23.2. The standard InChI is InChI=1S/C13H15BrO4Se/c1-3-17-12(15)8-19-11-6-5-9(14)7-10(11)13(16)18-4-2/h5-7H,3-4,8H2,1-2H3. The fraction of sp³-hybridized carbons (Fsp3) is 0.385. The van der Waals surface area contributed by atoms with Crippen molar-refractivity contribution in [3.8, 4) is 0 Å². The van der Waals surface area contributed by atoms with E-state index in [1.807, 2.05) is 12.1 Å². The van der Waals surface area contributed by atoms with E-state index in [4.69, 9.17) is 9.47 Å². The second-order valence-corrected chi connectivity index (χ2v) is 6.50. The number of carbonyl (C=O) groups is 2. The van der Waals surface area contributed by atoms with E-state index in [2.05, 4.69) is 15.9 Å². The van der Waals surface area contributed by atoms with Gasteiger partial charge in [-0.2, -0.15) is 0 Å². The van der Waals surface area contributed by atoms with Crippen LogP contribution in [0.25, 0.3) is 0 Å². The molecule has 0 aliphatic rings. The quantitative estimate of drug-likeness (QED) is 0.547. The Hall–Kier alpha value is -0.841. The predicted octanol–water partition coefficient (Wildman–Crippen LogP) is 1.94. The van der Waals surface area contributed by atoms with Gasteiger partial charge in [-0.3, -0.25) is 0 Å². The van der Waals surface area contributed by atoms with Gasteiger partial charge >= 0.3 is 127 Å². The third-order valence-electron chi connectivity index (χ3n) is 2.09. The van der Waals surface area contributed by atoms with Gasteiger partial charge in [0.2, 0.25) is 0 Å². The van der Waals surface area contributed by atoms with Crippen LogP contribution in [0.4, 0.5) is 0 Å². The van der Waals surface area contributed by atoms with E-state index in [-0.39, 0.29) is 26.9 Å². The van der Waals surface area contributed by atoms with Gasteiger partial charge in [-0.15, -0.1) is 0 Å². The normalized spacial score (nSPS) is 10.1. The van der Waals surface area contributed by atoms with Gasteiger partial charge in [0.25, 0.3) is 0 Å². The van der Waals surface area contributed by atoms with Gasteiger partial charge in [0.15, 0.2) is 0 Å². The molecule has 0 aromatic heterocycles. The Morgan fingerprint density at radius 3 is 2.53 bits per heavy atom. The van der Waals surface area contributed by atoms with E-state index in [0.29, 0.717) is 24.1 Å². The van der Waals surface area contributed by atoms with Crippen molar-refractivity contribution in [1.29, 1.82) is 0 Å². The number of hydrogen-bond acceptors (Lipinski definition) is 4. The summed E-state index contributed by atoms with van der Waals surface area (Å²) in [5.74, 6) is -0.593. The average molecular weight is 394 g/mol. The van der Waals surface area contributed by atoms with Gasteiger partial charge in [0.1, 0.15) is 0 Å². The molecule has 19 heavy (non-hydrogen) atoms. The maximum atomic E-state index is 11.8. The minimum atomic E-state index is -0.357. The Bertz CT molecular complexity index is 462. The molecule has 0 aliphatic carbocycles. The first-order valence-electron chi connectivity index (χ1n) is 5.83. The van der Waals surface area contributed by atoms with E-state index in [1.165, 1.54) is 0 Å². The van der Waals surface area contributed by atoms with Crippen molar-refractivity contribution in [1.82, 2.24) is 0 Å². The van der Waals surface area contributed by atoms with Gasteiger partial charge in [0, 0.05) is 0 Å². The molecular weight excluding hydrogens is 379 g/mol.